The van der Waals surface area contributed by atoms with Crippen molar-refractivity contribution in [3.8, 4) is 0 Å². The Hall–Kier alpha value is -0.120. The Balaban J connectivity index is 2.02. The molecule has 0 radical (unpaired) electrons. The van der Waals surface area contributed by atoms with E-state index in [2.05, 4.69) is 0 Å². The van der Waals surface area contributed by atoms with Crippen molar-refractivity contribution in [2.45, 2.75) is 25.4 Å². The lowest BCUT2D eigenvalue weighted by Gasteiger charge is -2.21. The molecule has 10 heavy (non-hydrogen) atoms. The summed E-state index contributed by atoms with van der Waals surface area (Å²) in [6, 6.07) is 0. The van der Waals surface area contributed by atoms with E-state index in [1.807, 2.05) is 0 Å². The van der Waals surface area contributed by atoms with Crippen LogP contribution in [-0.4, -0.2) is 31.2 Å². The molecule has 1 heterocycles. The van der Waals surface area contributed by atoms with Crippen molar-refractivity contribution in [1.82, 2.24) is 0 Å². The highest BCUT2D eigenvalue weighted by Gasteiger charge is 2.12. The molecule has 3 heteroatoms. The van der Waals surface area contributed by atoms with Gasteiger partial charge in [0.2, 0.25) is 0 Å². The number of rotatable bonds is 3. The molecule has 0 amide bonds. The highest BCUT2D eigenvalue weighted by molar-refractivity contribution is 4.61. The number of aliphatic hydroxyl groups is 1. The lowest BCUT2D eigenvalue weighted by molar-refractivity contribution is -0.0785. The molecule has 1 aliphatic heterocycles. The zero-order chi connectivity index (χ0) is 7.23. The predicted octanol–water partition coefficient (Wildman–Crippen LogP) is 0.522. The van der Waals surface area contributed by atoms with Gasteiger partial charge in [-0.25, -0.2) is 0 Å². The van der Waals surface area contributed by atoms with Crippen molar-refractivity contribution in [3.05, 3.63) is 0 Å². The Morgan fingerprint density at radius 3 is 3.00 bits per heavy atom. The summed E-state index contributed by atoms with van der Waals surface area (Å²) in [5, 5.41) is 8.32. The van der Waals surface area contributed by atoms with Crippen molar-refractivity contribution < 1.29 is 14.6 Å². The van der Waals surface area contributed by atoms with Crippen LogP contribution in [0.25, 0.3) is 0 Å². The number of ether oxygens (including phenoxy) is 2. The van der Waals surface area contributed by atoms with Gasteiger partial charge in [0.05, 0.1) is 12.7 Å². The molecule has 1 unspecified atom stereocenters. The Morgan fingerprint density at radius 1 is 1.50 bits per heavy atom. The average molecular weight is 146 g/mol. The third-order valence-corrected chi connectivity index (χ3v) is 1.67. The largest absolute Gasteiger partial charge is 0.376 e. The second-order valence-corrected chi connectivity index (χ2v) is 2.49. The zero-order valence-corrected chi connectivity index (χ0v) is 6.08. The quantitative estimate of drug-likeness (QED) is 0.590. The average Bonchev–Trinajstić information content (AvgIpc) is 2.03. The van der Waals surface area contributed by atoms with Crippen LogP contribution in [0.3, 0.4) is 0 Å². The summed E-state index contributed by atoms with van der Waals surface area (Å²) in [6.07, 6.45) is 3.68. The SMILES string of the molecule is OCOCC1CCCCO1. The van der Waals surface area contributed by atoms with Crippen molar-refractivity contribution in [1.29, 1.82) is 0 Å². The predicted molar refractivity (Wildman–Crippen MR) is 36.6 cm³/mol. The Labute approximate surface area is 60.9 Å². The molecule has 1 saturated heterocycles. The van der Waals surface area contributed by atoms with E-state index < -0.39 is 0 Å². The van der Waals surface area contributed by atoms with Crippen LogP contribution in [-0.2, 0) is 9.47 Å². The monoisotopic (exact) mass is 146 g/mol. The fourth-order valence-electron chi connectivity index (χ4n) is 1.12. The van der Waals surface area contributed by atoms with Gasteiger partial charge in [-0.15, -0.1) is 0 Å². The van der Waals surface area contributed by atoms with Gasteiger partial charge < -0.3 is 14.6 Å². The van der Waals surface area contributed by atoms with Gasteiger partial charge in [0.1, 0.15) is 6.79 Å². The molecule has 0 spiro atoms. The van der Waals surface area contributed by atoms with Gasteiger partial charge in [-0.2, -0.15) is 0 Å². The first-order valence-corrected chi connectivity index (χ1v) is 3.73. The Morgan fingerprint density at radius 2 is 2.40 bits per heavy atom. The second-order valence-electron chi connectivity index (χ2n) is 2.49. The van der Waals surface area contributed by atoms with E-state index in [1.54, 1.807) is 0 Å². The molecule has 1 atom stereocenters. The van der Waals surface area contributed by atoms with Crippen LogP contribution < -0.4 is 0 Å². The van der Waals surface area contributed by atoms with Crippen LogP contribution in [0.5, 0.6) is 0 Å². The summed E-state index contributed by atoms with van der Waals surface area (Å²) in [4.78, 5) is 0. The minimum atomic E-state index is -0.195. The topological polar surface area (TPSA) is 38.7 Å². The highest BCUT2D eigenvalue weighted by atomic mass is 16.6. The van der Waals surface area contributed by atoms with Crippen molar-refractivity contribution in [2.24, 2.45) is 0 Å². The molecule has 1 rings (SSSR count). The summed E-state index contributed by atoms with van der Waals surface area (Å²) in [5.74, 6) is 0. The molecule has 0 aromatic rings. The molecule has 0 saturated carbocycles. The van der Waals surface area contributed by atoms with Crippen LogP contribution in [0.15, 0.2) is 0 Å². The van der Waals surface area contributed by atoms with Gasteiger partial charge in [0, 0.05) is 6.61 Å². The zero-order valence-electron chi connectivity index (χ0n) is 6.08. The van der Waals surface area contributed by atoms with E-state index in [-0.39, 0.29) is 12.9 Å². The number of hydrogen-bond acceptors (Lipinski definition) is 3. The molecule has 0 aromatic carbocycles. The van der Waals surface area contributed by atoms with Crippen LogP contribution in [0.4, 0.5) is 0 Å². The summed E-state index contributed by atoms with van der Waals surface area (Å²) in [6.45, 7) is 1.19. The maximum atomic E-state index is 8.32. The first-order valence-electron chi connectivity index (χ1n) is 3.73. The van der Waals surface area contributed by atoms with E-state index in [4.69, 9.17) is 14.6 Å². The third kappa shape index (κ3) is 2.64. The van der Waals surface area contributed by atoms with Crippen LogP contribution >= 0.6 is 0 Å². The van der Waals surface area contributed by atoms with Crippen molar-refractivity contribution >= 4 is 0 Å². The molecule has 1 fully saturated rings. The first-order chi connectivity index (χ1) is 4.93. The summed E-state index contributed by atoms with van der Waals surface area (Å²) >= 11 is 0. The van der Waals surface area contributed by atoms with E-state index in [0.29, 0.717) is 6.61 Å². The fourth-order valence-corrected chi connectivity index (χ4v) is 1.12. The maximum absolute atomic E-state index is 8.32. The Bertz CT molecular complexity index is 78.9. The lowest BCUT2D eigenvalue weighted by Crippen LogP contribution is -2.24. The van der Waals surface area contributed by atoms with Gasteiger partial charge in [-0.3, -0.25) is 0 Å². The molecule has 60 valence electrons. The maximum Gasteiger partial charge on any atom is 0.143 e. The highest BCUT2D eigenvalue weighted by Crippen LogP contribution is 2.12. The first kappa shape index (κ1) is 7.98. The molecule has 0 aliphatic carbocycles. The van der Waals surface area contributed by atoms with Gasteiger partial charge in [0.25, 0.3) is 0 Å². The molecule has 1 N–H and O–H groups in total. The summed E-state index contributed by atoms with van der Waals surface area (Å²) in [7, 11) is 0. The van der Waals surface area contributed by atoms with Crippen LogP contribution in [0.1, 0.15) is 19.3 Å². The molecule has 3 nitrogen and oxygen atoms in total. The van der Waals surface area contributed by atoms with E-state index in [9.17, 15) is 0 Å². The lowest BCUT2D eigenvalue weighted by atomic mass is 10.1. The minimum Gasteiger partial charge on any atom is -0.376 e. The smallest absolute Gasteiger partial charge is 0.143 e. The van der Waals surface area contributed by atoms with Crippen molar-refractivity contribution in [3.63, 3.8) is 0 Å². The van der Waals surface area contributed by atoms with Crippen molar-refractivity contribution in [2.75, 3.05) is 20.0 Å². The van der Waals surface area contributed by atoms with Gasteiger partial charge >= 0.3 is 0 Å². The van der Waals surface area contributed by atoms with E-state index in [0.717, 1.165) is 19.4 Å². The van der Waals surface area contributed by atoms with E-state index in [1.165, 1.54) is 6.42 Å². The van der Waals surface area contributed by atoms with Gasteiger partial charge in [-0.1, -0.05) is 0 Å². The third-order valence-electron chi connectivity index (χ3n) is 1.67. The Kier molecular flexibility index (Phi) is 3.72. The number of hydrogen-bond donors (Lipinski definition) is 1. The standard InChI is InChI=1S/C7H14O3/c8-6-9-5-7-3-1-2-4-10-7/h7-8H,1-6H2. The van der Waals surface area contributed by atoms with Crippen LogP contribution in [0.2, 0.25) is 0 Å². The summed E-state index contributed by atoms with van der Waals surface area (Å²) in [5.41, 5.74) is 0. The minimum absolute atomic E-state index is 0.195. The second kappa shape index (κ2) is 4.66. The molecule has 1 aliphatic rings. The van der Waals surface area contributed by atoms with E-state index >= 15 is 0 Å². The van der Waals surface area contributed by atoms with Gasteiger partial charge in [0.15, 0.2) is 0 Å². The van der Waals surface area contributed by atoms with Crippen LogP contribution in [0, 0.1) is 0 Å². The summed E-state index contributed by atoms with van der Waals surface area (Å²) < 4.78 is 10.1. The fraction of sp³-hybridized carbons (Fsp3) is 1.00. The molecular weight excluding hydrogens is 132 g/mol. The van der Waals surface area contributed by atoms with Gasteiger partial charge in [-0.05, 0) is 19.3 Å². The molecule has 0 bridgehead atoms. The molecular formula is C7H14O3. The number of aliphatic hydroxyl groups excluding tert-OH is 1. The normalized spacial score (nSPS) is 26.7. The molecule has 0 aromatic heterocycles.